The molecule has 0 aromatic heterocycles. The topological polar surface area (TPSA) is 104 Å². The van der Waals surface area contributed by atoms with Crippen molar-refractivity contribution in [1.82, 2.24) is 0 Å². The molecular weight excluding hydrogens is 305 g/mol. The Bertz CT molecular complexity index is 181. The van der Waals surface area contributed by atoms with Crippen LogP contribution >= 0.6 is 24.0 Å². The Balaban J connectivity index is -0.0000000654. The van der Waals surface area contributed by atoms with Crippen molar-refractivity contribution in [3.8, 4) is 0 Å². The van der Waals surface area contributed by atoms with Crippen LogP contribution in [0.2, 0.25) is 0 Å². The quantitative estimate of drug-likeness (QED) is 0.171. The monoisotopic (exact) mass is 322 g/mol. The van der Waals surface area contributed by atoms with Gasteiger partial charge in [0.1, 0.15) is 0 Å². The summed E-state index contributed by atoms with van der Waals surface area (Å²) in [5, 5.41) is 5.49. The third-order valence-electron chi connectivity index (χ3n) is 0.368. The van der Waals surface area contributed by atoms with Crippen LogP contribution in [0.15, 0.2) is 18.7 Å². The number of hydrogen-bond acceptors (Lipinski definition) is 2. The van der Waals surface area contributed by atoms with E-state index in [9.17, 15) is 0 Å². The van der Waals surface area contributed by atoms with Gasteiger partial charge in [0.25, 0.3) is 5.17 Å². The average molecular weight is 322 g/mol. The number of thiocarbonyl (C=S) groups is 1. The first-order valence-electron chi connectivity index (χ1n) is 3.41. The molecule has 15 heavy (non-hydrogen) atoms. The molecule has 7 heteroatoms. The Labute approximate surface area is 126 Å². The Morgan fingerprint density at radius 3 is 1.87 bits per heavy atom. The molecule has 4 nitrogen and oxygen atoms in total. The predicted molar refractivity (Wildman–Crippen MR) is 69.0 cm³/mol. The van der Waals surface area contributed by atoms with Crippen molar-refractivity contribution in [2.45, 2.75) is 0 Å². The van der Waals surface area contributed by atoms with Gasteiger partial charge in [-0.1, -0.05) is 13.0 Å². The van der Waals surface area contributed by atoms with E-state index in [2.05, 4.69) is 43.8 Å². The SMILES string of the molecule is C=CCSC(N)=[NH2+].NC(N)=S.[CH+]=C[CH2-].[Y]. The van der Waals surface area contributed by atoms with E-state index >= 15 is 0 Å². The van der Waals surface area contributed by atoms with Gasteiger partial charge in [-0.3, -0.25) is 11.1 Å². The molecule has 83 valence electrons. The molecule has 0 saturated heterocycles. The van der Waals surface area contributed by atoms with E-state index in [4.69, 9.17) is 11.1 Å². The van der Waals surface area contributed by atoms with Crippen molar-refractivity contribution in [3.63, 3.8) is 0 Å². The van der Waals surface area contributed by atoms with E-state index in [1.165, 1.54) is 17.8 Å². The Kier molecular flexibility index (Phi) is 38.1. The second-order valence-corrected chi connectivity index (χ2v) is 3.20. The van der Waals surface area contributed by atoms with Crippen LogP contribution in [-0.4, -0.2) is 16.0 Å². The number of nitrogens with two attached hydrogens (primary N) is 4. The minimum absolute atomic E-state index is 0. The maximum absolute atomic E-state index is 5.09. The van der Waals surface area contributed by atoms with Gasteiger partial charge in [0, 0.05) is 38.5 Å². The number of allylic oxidation sites excluding steroid dienone is 1. The smallest absolute Gasteiger partial charge is 0.300 e. The number of hydrogen-bond donors (Lipinski definition) is 4. The second-order valence-electron chi connectivity index (χ2n) is 1.64. The fourth-order valence-corrected chi connectivity index (χ4v) is 0.465. The summed E-state index contributed by atoms with van der Waals surface area (Å²) in [5.41, 5.74) is 14.3. The molecule has 0 heterocycles. The van der Waals surface area contributed by atoms with Crippen molar-refractivity contribution in [1.29, 1.82) is 0 Å². The molecule has 0 aliphatic rings. The zero-order valence-electron chi connectivity index (χ0n) is 8.56. The zero-order valence-corrected chi connectivity index (χ0v) is 13.0. The first-order valence-corrected chi connectivity index (χ1v) is 4.80. The molecule has 0 aliphatic heterocycles. The standard InChI is InChI=1S/C4H8N2S.C3H4.CH4N2S.Y/c1-2-3-7-4(5)6;1-3-2;2-1(3)4;/h2H,1,3H2,(H3,5,6);1,3H,2H2;(H4,2,3,4);/p+1. The Morgan fingerprint density at radius 2 is 1.80 bits per heavy atom. The van der Waals surface area contributed by atoms with Crippen LogP contribution in [-0.2, 0) is 32.7 Å². The first kappa shape index (κ1) is 24.2. The molecular formula is C8H17N4S2Y+. The van der Waals surface area contributed by atoms with E-state index in [0.29, 0.717) is 5.17 Å². The first-order chi connectivity index (χ1) is 6.42. The van der Waals surface area contributed by atoms with Crippen LogP contribution in [0, 0.1) is 13.5 Å². The Morgan fingerprint density at radius 1 is 1.53 bits per heavy atom. The van der Waals surface area contributed by atoms with Gasteiger partial charge in [-0.15, -0.1) is 6.58 Å². The molecule has 0 saturated carbocycles. The Hall–Kier alpha value is -0.126. The van der Waals surface area contributed by atoms with Gasteiger partial charge >= 0.3 is 0 Å². The van der Waals surface area contributed by atoms with Crippen LogP contribution in [0.3, 0.4) is 0 Å². The van der Waals surface area contributed by atoms with E-state index in [1.807, 2.05) is 0 Å². The summed E-state index contributed by atoms with van der Waals surface area (Å²) in [6.07, 6.45) is 3.00. The van der Waals surface area contributed by atoms with E-state index < -0.39 is 0 Å². The summed E-state index contributed by atoms with van der Waals surface area (Å²) in [6, 6.07) is 0. The fraction of sp³-hybridized carbons (Fsp3) is 0.125. The summed E-state index contributed by atoms with van der Waals surface area (Å²) < 4.78 is 0. The van der Waals surface area contributed by atoms with Crippen molar-refractivity contribution in [3.05, 3.63) is 32.2 Å². The van der Waals surface area contributed by atoms with Gasteiger partial charge < -0.3 is 11.5 Å². The molecule has 0 unspecified atom stereocenters. The summed E-state index contributed by atoms with van der Waals surface area (Å²) in [6.45, 7) is 11.2. The number of amidine groups is 1. The van der Waals surface area contributed by atoms with Crippen LogP contribution in [0.4, 0.5) is 0 Å². The van der Waals surface area contributed by atoms with E-state index in [1.54, 1.807) is 6.08 Å². The van der Waals surface area contributed by atoms with Crippen LogP contribution in [0.25, 0.3) is 0 Å². The molecule has 0 aromatic rings. The summed E-state index contributed by atoms with van der Waals surface area (Å²) in [5.74, 6) is 0.794. The number of rotatable bonds is 2. The molecule has 8 N–H and O–H groups in total. The normalized spacial score (nSPS) is 6.07. The van der Waals surface area contributed by atoms with E-state index in [0.717, 1.165) is 5.75 Å². The third-order valence-corrected chi connectivity index (χ3v) is 1.10. The molecule has 0 spiro atoms. The summed E-state index contributed by atoms with van der Waals surface area (Å²) in [4.78, 5) is 0. The van der Waals surface area contributed by atoms with Gasteiger partial charge in [0.15, 0.2) is 5.11 Å². The molecule has 0 aliphatic carbocycles. The largest absolute Gasteiger partial charge is 0.377 e. The molecule has 0 fully saturated rings. The molecule has 0 amide bonds. The van der Waals surface area contributed by atoms with Crippen molar-refractivity contribution < 1.29 is 38.1 Å². The summed E-state index contributed by atoms with van der Waals surface area (Å²) >= 11 is 5.48. The maximum Gasteiger partial charge on any atom is 0.300 e. The van der Waals surface area contributed by atoms with Crippen LogP contribution in [0.5, 0.6) is 0 Å². The summed E-state index contributed by atoms with van der Waals surface area (Å²) in [7, 11) is 0. The van der Waals surface area contributed by atoms with Crippen molar-refractivity contribution >= 4 is 34.3 Å². The molecule has 0 atom stereocenters. The molecule has 0 bridgehead atoms. The molecule has 1 radical (unpaired) electrons. The van der Waals surface area contributed by atoms with Gasteiger partial charge in [0.2, 0.25) is 0 Å². The fourth-order valence-electron chi connectivity index (χ4n) is 0.155. The third kappa shape index (κ3) is 130. The van der Waals surface area contributed by atoms with Crippen molar-refractivity contribution in [2.75, 3.05) is 5.75 Å². The average Bonchev–Trinajstić information content (AvgIpc) is 2.01. The minimum Gasteiger partial charge on any atom is -0.377 e. The molecule has 0 aromatic carbocycles. The van der Waals surface area contributed by atoms with Gasteiger partial charge in [-0.05, 0) is 30.1 Å². The molecule has 0 rings (SSSR count). The van der Waals surface area contributed by atoms with E-state index in [-0.39, 0.29) is 37.8 Å². The maximum atomic E-state index is 5.09. The van der Waals surface area contributed by atoms with Crippen molar-refractivity contribution in [2.24, 2.45) is 17.2 Å². The van der Waals surface area contributed by atoms with Crippen LogP contribution < -0.4 is 22.6 Å². The van der Waals surface area contributed by atoms with Gasteiger partial charge in [-0.25, -0.2) is 0 Å². The van der Waals surface area contributed by atoms with Gasteiger partial charge in [-0.2, -0.15) is 6.58 Å². The minimum atomic E-state index is 0. The zero-order chi connectivity index (χ0) is 12.0. The van der Waals surface area contributed by atoms with Crippen LogP contribution in [0.1, 0.15) is 0 Å². The predicted octanol–water partition coefficient (Wildman–Crippen LogP) is -1.02. The number of thioether (sulfide) groups is 1. The van der Waals surface area contributed by atoms with Gasteiger partial charge in [0.05, 0.1) is 0 Å². The second kappa shape index (κ2) is 23.6.